The highest BCUT2D eigenvalue weighted by Gasteiger charge is 2.51. The molecule has 1 saturated carbocycles. The molecule has 0 bridgehead atoms. The van der Waals surface area contributed by atoms with Crippen molar-refractivity contribution in [1.29, 1.82) is 0 Å². The predicted octanol–water partition coefficient (Wildman–Crippen LogP) is 5.28. The molecule has 1 aliphatic rings. The van der Waals surface area contributed by atoms with Gasteiger partial charge in [0.2, 0.25) is 0 Å². The summed E-state index contributed by atoms with van der Waals surface area (Å²) in [5.41, 5.74) is 3.19. The highest BCUT2D eigenvalue weighted by atomic mass is 79.9. The number of hydrogen-bond donors (Lipinski definition) is 1. The number of halogens is 1. The van der Waals surface area contributed by atoms with E-state index in [2.05, 4.69) is 69.3 Å². The third-order valence-corrected chi connectivity index (χ3v) is 5.99. The molecule has 0 radical (unpaired) electrons. The molecule has 1 aromatic carbocycles. The Morgan fingerprint density at radius 2 is 2.00 bits per heavy atom. The number of hydrogen-bond acceptors (Lipinski definition) is 2. The van der Waals surface area contributed by atoms with Crippen LogP contribution in [-0.2, 0) is 5.41 Å². The fourth-order valence-corrected chi connectivity index (χ4v) is 4.59. The molecule has 1 nitrogen and oxygen atoms in total. The molecule has 3 rings (SSSR count). The number of thiophene rings is 1. The van der Waals surface area contributed by atoms with Gasteiger partial charge in [-0.1, -0.05) is 37.3 Å². The largest absolute Gasteiger partial charge is 0.309 e. The van der Waals surface area contributed by atoms with Gasteiger partial charge in [0.1, 0.15) is 0 Å². The summed E-state index contributed by atoms with van der Waals surface area (Å²) in [5, 5.41) is 8.27. The molecule has 0 amide bonds. The van der Waals surface area contributed by atoms with Crippen molar-refractivity contribution in [3.63, 3.8) is 0 Å². The van der Waals surface area contributed by atoms with Crippen molar-refractivity contribution < 1.29 is 0 Å². The molecule has 1 N–H and O–H groups in total. The smallest absolute Gasteiger partial charge is 0.0437 e. The van der Waals surface area contributed by atoms with E-state index in [0.29, 0.717) is 11.5 Å². The summed E-state index contributed by atoms with van der Waals surface area (Å²) >= 11 is 5.50. The van der Waals surface area contributed by atoms with Crippen LogP contribution in [0.4, 0.5) is 0 Å². The van der Waals surface area contributed by atoms with E-state index in [0.717, 1.165) is 6.54 Å². The van der Waals surface area contributed by atoms with E-state index in [-0.39, 0.29) is 0 Å². The Balaban J connectivity index is 1.96. The van der Waals surface area contributed by atoms with Gasteiger partial charge in [0.25, 0.3) is 0 Å². The van der Waals surface area contributed by atoms with Gasteiger partial charge < -0.3 is 5.32 Å². The summed E-state index contributed by atoms with van der Waals surface area (Å²) < 4.78 is 1.25. The van der Waals surface area contributed by atoms with Crippen molar-refractivity contribution >= 4 is 27.3 Å². The lowest BCUT2D eigenvalue weighted by atomic mass is 9.84. The quantitative estimate of drug-likeness (QED) is 0.747. The topological polar surface area (TPSA) is 12.0 Å². The Labute approximate surface area is 133 Å². The van der Waals surface area contributed by atoms with Gasteiger partial charge in [0.15, 0.2) is 0 Å². The van der Waals surface area contributed by atoms with E-state index in [4.69, 9.17) is 0 Å². The first-order valence-electron chi connectivity index (χ1n) is 7.28. The Kier molecular flexibility index (Phi) is 4.29. The van der Waals surface area contributed by atoms with Gasteiger partial charge >= 0.3 is 0 Å². The van der Waals surface area contributed by atoms with Crippen molar-refractivity contribution in [2.75, 3.05) is 6.54 Å². The van der Waals surface area contributed by atoms with Crippen LogP contribution in [0, 0.1) is 0 Å². The van der Waals surface area contributed by atoms with Gasteiger partial charge in [0, 0.05) is 21.3 Å². The van der Waals surface area contributed by atoms with Crippen LogP contribution in [0.25, 0.3) is 0 Å². The molecule has 1 heterocycles. The van der Waals surface area contributed by atoms with Gasteiger partial charge in [-0.3, -0.25) is 0 Å². The second kappa shape index (κ2) is 6.00. The first-order chi connectivity index (χ1) is 9.78. The van der Waals surface area contributed by atoms with Gasteiger partial charge in [-0.25, -0.2) is 0 Å². The van der Waals surface area contributed by atoms with Gasteiger partial charge in [-0.15, -0.1) is 0 Å². The summed E-state index contributed by atoms with van der Waals surface area (Å²) in [7, 11) is 0. The van der Waals surface area contributed by atoms with E-state index >= 15 is 0 Å². The Morgan fingerprint density at radius 3 is 2.55 bits per heavy atom. The highest BCUT2D eigenvalue weighted by Crippen LogP contribution is 2.57. The Hall–Kier alpha value is -0.640. The van der Waals surface area contributed by atoms with Crippen LogP contribution in [-0.4, -0.2) is 6.54 Å². The summed E-state index contributed by atoms with van der Waals surface area (Å²) in [6.07, 6.45) is 3.73. The normalized spacial score (nSPS) is 17.9. The SMILES string of the molecule is CCCNC(c1cscc1Br)C1(c2ccccc2)CC1. The summed E-state index contributed by atoms with van der Waals surface area (Å²) in [4.78, 5) is 0. The van der Waals surface area contributed by atoms with Crippen LogP contribution in [0.15, 0.2) is 45.6 Å². The second-order valence-corrected chi connectivity index (χ2v) is 7.18. The molecule has 3 heteroatoms. The van der Waals surface area contributed by atoms with Crippen LogP contribution in [0.5, 0.6) is 0 Å². The molecule has 1 aromatic heterocycles. The maximum absolute atomic E-state index is 3.79. The molecule has 1 fully saturated rings. The van der Waals surface area contributed by atoms with E-state index in [1.165, 1.54) is 34.9 Å². The molecular formula is C17H20BrNS. The molecule has 1 unspecified atom stereocenters. The third-order valence-electron chi connectivity index (χ3n) is 4.24. The Morgan fingerprint density at radius 1 is 1.25 bits per heavy atom. The molecule has 1 atom stereocenters. The lowest BCUT2D eigenvalue weighted by molar-refractivity contribution is 0.429. The Bertz CT molecular complexity index is 559. The zero-order valence-electron chi connectivity index (χ0n) is 11.7. The molecule has 0 aliphatic heterocycles. The van der Waals surface area contributed by atoms with Gasteiger partial charge in [-0.2, -0.15) is 11.3 Å². The summed E-state index contributed by atoms with van der Waals surface area (Å²) in [6, 6.07) is 11.4. The monoisotopic (exact) mass is 349 g/mol. The molecule has 2 aromatic rings. The minimum Gasteiger partial charge on any atom is -0.309 e. The summed E-state index contributed by atoms with van der Waals surface area (Å²) in [5.74, 6) is 0. The number of benzene rings is 1. The van der Waals surface area contributed by atoms with E-state index in [1.807, 2.05) is 0 Å². The first kappa shape index (κ1) is 14.3. The zero-order valence-corrected chi connectivity index (χ0v) is 14.1. The standard InChI is InChI=1S/C17H20BrNS/c1-2-10-19-16(14-11-20-12-15(14)18)17(8-9-17)13-6-4-3-5-7-13/h3-7,11-12,16,19H,2,8-10H2,1H3. The first-order valence-corrected chi connectivity index (χ1v) is 9.02. The summed E-state index contributed by atoms with van der Waals surface area (Å²) in [6.45, 7) is 3.30. The van der Waals surface area contributed by atoms with Crippen LogP contribution < -0.4 is 5.32 Å². The maximum Gasteiger partial charge on any atom is 0.0437 e. The third kappa shape index (κ3) is 2.59. The van der Waals surface area contributed by atoms with Crippen LogP contribution in [0.3, 0.4) is 0 Å². The second-order valence-electron chi connectivity index (χ2n) is 5.58. The fraction of sp³-hybridized carbons (Fsp3) is 0.412. The van der Waals surface area contributed by atoms with Crippen molar-refractivity contribution in [2.24, 2.45) is 0 Å². The number of nitrogens with one attached hydrogen (secondary N) is 1. The van der Waals surface area contributed by atoms with Crippen molar-refractivity contribution in [1.82, 2.24) is 5.32 Å². The minimum atomic E-state index is 0.292. The van der Waals surface area contributed by atoms with Crippen LogP contribution >= 0.6 is 27.3 Å². The molecule has 0 saturated heterocycles. The van der Waals surface area contributed by atoms with Gasteiger partial charge in [0.05, 0.1) is 0 Å². The van der Waals surface area contributed by atoms with Crippen LogP contribution in [0.1, 0.15) is 43.4 Å². The van der Waals surface area contributed by atoms with E-state index in [1.54, 1.807) is 11.3 Å². The lowest BCUT2D eigenvalue weighted by Crippen LogP contribution is -2.32. The molecule has 0 spiro atoms. The highest BCUT2D eigenvalue weighted by molar-refractivity contribution is 9.10. The fourth-order valence-electron chi connectivity index (χ4n) is 3.04. The van der Waals surface area contributed by atoms with Crippen molar-refractivity contribution in [3.8, 4) is 0 Å². The lowest BCUT2D eigenvalue weighted by Gasteiger charge is -2.29. The predicted molar refractivity (Wildman–Crippen MR) is 90.4 cm³/mol. The number of rotatable bonds is 6. The van der Waals surface area contributed by atoms with E-state index in [9.17, 15) is 0 Å². The van der Waals surface area contributed by atoms with Crippen molar-refractivity contribution in [3.05, 3.63) is 56.7 Å². The average molecular weight is 350 g/mol. The molecule has 20 heavy (non-hydrogen) atoms. The van der Waals surface area contributed by atoms with E-state index < -0.39 is 0 Å². The van der Waals surface area contributed by atoms with Crippen LogP contribution in [0.2, 0.25) is 0 Å². The molecular weight excluding hydrogens is 330 g/mol. The van der Waals surface area contributed by atoms with Crippen molar-refractivity contribution in [2.45, 2.75) is 37.6 Å². The average Bonchev–Trinajstić information content (AvgIpc) is 3.18. The maximum atomic E-state index is 3.79. The molecule has 1 aliphatic carbocycles. The van der Waals surface area contributed by atoms with Gasteiger partial charge in [-0.05, 0) is 58.2 Å². The molecule has 106 valence electrons. The zero-order chi connectivity index (χ0) is 14.0. The minimum absolute atomic E-state index is 0.292.